The standard InChI is InChI=1S/C9H18N2.C2HF6NO4S2/c1-5-6-11-9(3)7-8(2)10(11)4;3-1(4,5)14(10,11)9-15(12,13)2(6,7)8/h7,9H,5-6H2,1-4H3;9H. The number of halogens is 6. The zero-order valence-electron chi connectivity index (χ0n) is 14.2. The van der Waals surface area contributed by atoms with Gasteiger partial charge in [-0.3, -0.25) is 0 Å². The van der Waals surface area contributed by atoms with Gasteiger partial charge in [0.2, 0.25) is 0 Å². The average Bonchev–Trinajstić information content (AvgIpc) is 2.63. The second-order valence-corrected chi connectivity index (χ2v) is 8.82. The molecule has 0 amide bonds. The molecule has 0 bridgehead atoms. The van der Waals surface area contributed by atoms with E-state index in [1.165, 1.54) is 12.1 Å². The number of allylic oxidation sites excluding steroid dienone is 1. The first-order valence-electron chi connectivity index (χ1n) is 6.97. The summed E-state index contributed by atoms with van der Waals surface area (Å²) >= 11 is 0. The molecule has 1 unspecified atom stereocenters. The Morgan fingerprint density at radius 2 is 1.42 bits per heavy atom. The lowest BCUT2D eigenvalue weighted by Crippen LogP contribution is -2.45. The lowest BCUT2D eigenvalue weighted by atomic mass is 10.3. The van der Waals surface area contributed by atoms with Crippen molar-refractivity contribution >= 4 is 20.0 Å². The van der Waals surface area contributed by atoms with Crippen LogP contribution in [-0.2, 0) is 20.0 Å². The van der Waals surface area contributed by atoms with E-state index >= 15 is 0 Å². The van der Waals surface area contributed by atoms with Crippen LogP contribution in [0.3, 0.4) is 0 Å². The molecule has 7 nitrogen and oxygen atoms in total. The SMILES string of the molecule is CCCN1C(C)C=C(C)N1C.O=S(=O)(NS(=O)(=O)C(F)(F)F)C(F)(F)F. The van der Waals surface area contributed by atoms with Gasteiger partial charge in [-0.15, -0.1) is 0 Å². The predicted octanol–water partition coefficient (Wildman–Crippen LogP) is 2.13. The summed E-state index contributed by atoms with van der Waals surface area (Å²) in [6.07, 6.45) is 3.52. The van der Waals surface area contributed by atoms with Gasteiger partial charge in [-0.1, -0.05) is 11.1 Å². The third-order valence-electron chi connectivity index (χ3n) is 3.13. The van der Waals surface area contributed by atoms with E-state index < -0.39 is 35.2 Å². The molecule has 1 aliphatic rings. The van der Waals surface area contributed by atoms with E-state index in [1.54, 1.807) is 0 Å². The Labute approximate surface area is 147 Å². The minimum absolute atomic E-state index is 0.493. The first kappa shape index (κ1) is 24.9. The van der Waals surface area contributed by atoms with Crippen molar-refractivity contribution in [2.24, 2.45) is 0 Å². The van der Waals surface area contributed by atoms with Crippen LogP contribution in [0.2, 0.25) is 0 Å². The van der Waals surface area contributed by atoms with Crippen molar-refractivity contribution in [3.05, 3.63) is 11.8 Å². The van der Waals surface area contributed by atoms with Crippen molar-refractivity contribution in [3.63, 3.8) is 0 Å². The predicted molar refractivity (Wildman–Crippen MR) is 81.1 cm³/mol. The molecule has 0 aromatic rings. The van der Waals surface area contributed by atoms with Crippen molar-refractivity contribution in [3.8, 4) is 0 Å². The molecule has 0 aliphatic carbocycles. The molecule has 1 atom stereocenters. The van der Waals surface area contributed by atoms with Gasteiger partial charge in [-0.05, 0) is 26.3 Å². The molecule has 1 N–H and O–H groups in total. The van der Waals surface area contributed by atoms with E-state index in [4.69, 9.17) is 0 Å². The Morgan fingerprint density at radius 1 is 1.04 bits per heavy atom. The monoisotopic (exact) mass is 435 g/mol. The highest BCUT2D eigenvalue weighted by Crippen LogP contribution is 2.27. The number of nitrogens with zero attached hydrogens (tertiary/aromatic N) is 2. The second kappa shape index (κ2) is 8.31. The minimum atomic E-state index is -6.60. The van der Waals surface area contributed by atoms with Crippen molar-refractivity contribution in [2.75, 3.05) is 13.6 Å². The van der Waals surface area contributed by atoms with E-state index in [-0.39, 0.29) is 0 Å². The maximum absolute atomic E-state index is 11.5. The number of hydrazine groups is 1. The topological polar surface area (TPSA) is 86.8 Å². The van der Waals surface area contributed by atoms with Gasteiger partial charge in [0, 0.05) is 25.3 Å². The summed E-state index contributed by atoms with van der Waals surface area (Å²) in [5.41, 5.74) is -10.9. The highest BCUT2D eigenvalue weighted by atomic mass is 32.3. The fourth-order valence-electron chi connectivity index (χ4n) is 1.84. The molecule has 0 aromatic heterocycles. The van der Waals surface area contributed by atoms with Crippen LogP contribution in [0.4, 0.5) is 26.3 Å². The third-order valence-corrected chi connectivity index (χ3v) is 6.10. The van der Waals surface area contributed by atoms with Crippen molar-refractivity contribution < 1.29 is 43.2 Å². The van der Waals surface area contributed by atoms with Crippen LogP contribution in [0.1, 0.15) is 27.2 Å². The van der Waals surface area contributed by atoms with Gasteiger partial charge >= 0.3 is 31.1 Å². The van der Waals surface area contributed by atoms with E-state index in [1.807, 2.05) is 0 Å². The maximum atomic E-state index is 11.5. The summed E-state index contributed by atoms with van der Waals surface area (Å²) in [5, 5.41) is 4.63. The lowest BCUT2D eigenvalue weighted by molar-refractivity contribution is -0.0476. The number of sulfonamides is 2. The van der Waals surface area contributed by atoms with Crippen molar-refractivity contribution in [2.45, 2.75) is 44.3 Å². The molecule has 1 rings (SSSR count). The summed E-state index contributed by atoms with van der Waals surface area (Å²) in [7, 11) is -11.1. The minimum Gasteiger partial charge on any atom is -0.313 e. The molecule has 1 heterocycles. The molecule has 0 aromatic carbocycles. The molecule has 1 aliphatic heterocycles. The molecule has 0 saturated heterocycles. The first-order chi connectivity index (χ1) is 11.4. The number of alkyl halides is 6. The highest BCUT2D eigenvalue weighted by Gasteiger charge is 2.55. The van der Waals surface area contributed by atoms with Gasteiger partial charge in [0.1, 0.15) is 0 Å². The van der Waals surface area contributed by atoms with Gasteiger partial charge in [-0.25, -0.2) is 21.8 Å². The Balaban J connectivity index is 0.000000502. The zero-order chi connectivity index (χ0) is 21.1. The summed E-state index contributed by atoms with van der Waals surface area (Å²) in [5.74, 6) is 0. The molecule has 0 saturated carbocycles. The Kier molecular flexibility index (Phi) is 7.97. The van der Waals surface area contributed by atoms with E-state index in [2.05, 4.69) is 43.9 Å². The fraction of sp³-hybridized carbons (Fsp3) is 0.818. The van der Waals surface area contributed by atoms with Gasteiger partial charge < -0.3 is 5.01 Å². The summed E-state index contributed by atoms with van der Waals surface area (Å²) in [4.78, 5) is 0. The summed E-state index contributed by atoms with van der Waals surface area (Å²) in [6.45, 7) is 7.77. The number of rotatable bonds is 4. The molecular weight excluding hydrogens is 416 g/mol. The van der Waals surface area contributed by atoms with Crippen LogP contribution in [0, 0.1) is 0 Å². The van der Waals surface area contributed by atoms with E-state index in [0.717, 1.165) is 6.54 Å². The summed E-state index contributed by atoms with van der Waals surface area (Å²) in [6, 6.07) is 0.583. The van der Waals surface area contributed by atoms with Crippen LogP contribution < -0.4 is 4.13 Å². The van der Waals surface area contributed by atoms with Gasteiger partial charge in [0.25, 0.3) is 0 Å². The van der Waals surface area contributed by atoms with Crippen LogP contribution in [-0.4, -0.2) is 57.5 Å². The molecule has 0 spiro atoms. The Hall–Kier alpha value is -1.06. The largest absolute Gasteiger partial charge is 0.512 e. The summed E-state index contributed by atoms with van der Waals surface area (Å²) < 4.78 is 108. The molecule has 0 radical (unpaired) electrons. The van der Waals surface area contributed by atoms with Gasteiger partial charge in [0.15, 0.2) is 0 Å². The second-order valence-electron chi connectivity index (χ2n) is 5.22. The number of nitrogens with one attached hydrogen (secondary N) is 1. The highest BCUT2D eigenvalue weighted by molar-refractivity contribution is 8.05. The zero-order valence-corrected chi connectivity index (χ0v) is 15.8. The Bertz CT molecular complexity index is 673. The van der Waals surface area contributed by atoms with Crippen LogP contribution in [0.15, 0.2) is 11.8 Å². The number of hydrogen-bond donors (Lipinski definition) is 1. The molecule has 26 heavy (non-hydrogen) atoms. The first-order valence-corrected chi connectivity index (χ1v) is 9.94. The molecule has 0 fully saturated rings. The maximum Gasteiger partial charge on any atom is 0.512 e. The number of hydrogen-bond acceptors (Lipinski definition) is 6. The third kappa shape index (κ3) is 6.28. The van der Waals surface area contributed by atoms with Gasteiger partial charge in [-0.2, -0.15) is 26.3 Å². The quantitative estimate of drug-likeness (QED) is 0.681. The van der Waals surface area contributed by atoms with Crippen molar-refractivity contribution in [1.29, 1.82) is 0 Å². The normalized spacial score (nSPS) is 19.8. The van der Waals surface area contributed by atoms with Crippen LogP contribution >= 0.6 is 0 Å². The lowest BCUT2D eigenvalue weighted by Gasteiger charge is -2.30. The fourth-order valence-corrected chi connectivity index (χ4v) is 3.75. The smallest absolute Gasteiger partial charge is 0.313 e. The average molecular weight is 435 g/mol. The van der Waals surface area contributed by atoms with E-state index in [0.29, 0.717) is 6.04 Å². The molecule has 156 valence electrons. The van der Waals surface area contributed by atoms with Crippen LogP contribution in [0.5, 0.6) is 0 Å². The van der Waals surface area contributed by atoms with Crippen LogP contribution in [0.25, 0.3) is 0 Å². The van der Waals surface area contributed by atoms with E-state index in [9.17, 15) is 43.2 Å². The Morgan fingerprint density at radius 3 is 1.65 bits per heavy atom. The molecular formula is C11H19F6N3O4S2. The molecule has 15 heteroatoms. The van der Waals surface area contributed by atoms with Crippen molar-refractivity contribution in [1.82, 2.24) is 14.1 Å². The van der Waals surface area contributed by atoms with Gasteiger partial charge in [0.05, 0.1) is 0 Å².